The van der Waals surface area contributed by atoms with Crippen LogP contribution < -0.4 is 4.90 Å². The highest BCUT2D eigenvalue weighted by Crippen LogP contribution is 2.80. The van der Waals surface area contributed by atoms with E-state index in [4.69, 9.17) is 23.7 Å². The Labute approximate surface area is 287 Å². The summed E-state index contributed by atoms with van der Waals surface area (Å²) >= 11 is 0. The number of fused-ring (bicyclic) bond motifs is 2. The van der Waals surface area contributed by atoms with Gasteiger partial charge in [0.2, 0.25) is 11.8 Å². The van der Waals surface area contributed by atoms with Crippen LogP contribution in [0.2, 0.25) is 0 Å². The van der Waals surface area contributed by atoms with Crippen molar-refractivity contribution >= 4 is 23.5 Å². The first-order valence-corrected chi connectivity index (χ1v) is 17.9. The molecule has 1 aromatic carbocycles. The smallest absolute Gasteiger partial charge is 0.340 e. The van der Waals surface area contributed by atoms with Gasteiger partial charge < -0.3 is 33.9 Å². The highest BCUT2D eigenvalue weighted by atomic mass is 16.5. The van der Waals surface area contributed by atoms with E-state index in [1.54, 1.807) is 59.6 Å². The first-order valence-electron chi connectivity index (χ1n) is 17.9. The Hall–Kier alpha value is -2.45. The molecule has 5 saturated carbocycles. The van der Waals surface area contributed by atoms with Gasteiger partial charge in [-0.15, -0.1) is 0 Å². The Bertz CT molecular complexity index is 1560. The van der Waals surface area contributed by atoms with Crippen LogP contribution >= 0.6 is 0 Å². The number of methoxy groups -OCH3 is 4. The lowest BCUT2D eigenvalue weighted by Crippen LogP contribution is -2.82. The Morgan fingerprint density at radius 3 is 2.43 bits per heavy atom. The van der Waals surface area contributed by atoms with Gasteiger partial charge in [0.1, 0.15) is 11.2 Å². The minimum absolute atomic E-state index is 0.0358. The fraction of sp³-hybridized carbons (Fsp3) is 0.757. The molecular formula is C37H50N2O10. The molecule has 5 aliphatic carbocycles. The van der Waals surface area contributed by atoms with Gasteiger partial charge in [-0.3, -0.25) is 14.5 Å². The molecule has 12 heteroatoms. The van der Waals surface area contributed by atoms with Gasteiger partial charge in [0.25, 0.3) is 0 Å². The lowest BCUT2D eigenvalue weighted by atomic mass is 9.42. The number of esters is 1. The minimum atomic E-state index is -1.70. The number of carbonyl (C=O) groups excluding carboxylic acids is 3. The van der Waals surface area contributed by atoms with Crippen LogP contribution in [0.3, 0.4) is 0 Å². The highest BCUT2D eigenvalue weighted by molar-refractivity contribution is 6.22. The van der Waals surface area contributed by atoms with Crippen molar-refractivity contribution in [3.8, 4) is 0 Å². The van der Waals surface area contributed by atoms with Gasteiger partial charge in [-0.1, -0.05) is 26.0 Å². The van der Waals surface area contributed by atoms with Crippen molar-refractivity contribution in [3.05, 3.63) is 29.8 Å². The SMILES string of the molecule is CCN1C[C@]2(COC(=O)c3ccccc3N3C(=O)CC(C)C3=O)CC[C@H](OC)[C@]34C5C[C@@H]6[C@@H](OC)C[C@@](O)(C5[C@H]6OC)[C@@](O)(C13)[C@H](OC)C24. The molecule has 7 fully saturated rings. The van der Waals surface area contributed by atoms with Crippen molar-refractivity contribution in [1.82, 2.24) is 4.90 Å². The maximum Gasteiger partial charge on any atom is 0.340 e. The molecule has 0 aromatic heterocycles. The number of benzene rings is 1. The van der Waals surface area contributed by atoms with Crippen molar-refractivity contribution in [2.45, 2.75) is 87.6 Å². The summed E-state index contributed by atoms with van der Waals surface area (Å²) in [5.74, 6) is -2.47. The Morgan fingerprint density at radius 1 is 1.04 bits per heavy atom. The van der Waals surface area contributed by atoms with Gasteiger partial charge in [-0.05, 0) is 43.9 Å². The standard InChI is InChI=1S/C37H50N2O10/c1-7-38-17-34(18-49-32(42)20-10-8-9-11-23(20)39-26(40)14-19(2)31(39)41)13-12-25(46-4)36-22-15-21-24(45-3)16-35(43,27(22)28(21)47-5)37(44,33(36)38)30(48-6)29(34)36/h8-11,19,21-22,24-25,27-30,33,43-44H,7,12-18H2,1-6H3/t19?,21-,22?,24+,25+,27?,28+,29?,30-,33?,34+,35-,36+,37+/m1/s1. The quantitative estimate of drug-likeness (QED) is 0.292. The first-order chi connectivity index (χ1) is 23.4. The maximum atomic E-state index is 14.1. The van der Waals surface area contributed by atoms with Crippen LogP contribution in [0.1, 0.15) is 56.3 Å². The van der Waals surface area contributed by atoms with Crippen LogP contribution in [0.5, 0.6) is 0 Å². The normalized spacial score (nSPS) is 48.0. The second kappa shape index (κ2) is 11.3. The molecule has 49 heavy (non-hydrogen) atoms. The summed E-state index contributed by atoms with van der Waals surface area (Å²) in [4.78, 5) is 43.3. The molecule has 1 spiro atoms. The summed E-state index contributed by atoms with van der Waals surface area (Å²) in [7, 11) is 6.70. The maximum absolute atomic E-state index is 14.1. The van der Waals surface area contributed by atoms with E-state index in [1.165, 1.54) is 0 Å². The summed E-state index contributed by atoms with van der Waals surface area (Å²) in [6.45, 7) is 4.95. The number of amides is 2. The molecule has 5 unspecified atom stereocenters. The number of hydrogen-bond donors (Lipinski definition) is 2. The number of piperidine rings is 1. The number of hydrogen-bond acceptors (Lipinski definition) is 11. The van der Waals surface area contributed by atoms with E-state index in [-0.39, 0.29) is 84.5 Å². The van der Waals surface area contributed by atoms with Crippen molar-refractivity contribution in [3.63, 3.8) is 0 Å². The van der Waals surface area contributed by atoms with Crippen LogP contribution in [0.15, 0.2) is 24.3 Å². The zero-order chi connectivity index (χ0) is 34.8. The van der Waals surface area contributed by atoms with Gasteiger partial charge in [-0.2, -0.15) is 0 Å². The van der Waals surface area contributed by atoms with Gasteiger partial charge >= 0.3 is 5.97 Å². The van der Waals surface area contributed by atoms with Crippen molar-refractivity contribution in [2.75, 3.05) is 53.0 Å². The monoisotopic (exact) mass is 682 g/mol. The number of ether oxygens (including phenoxy) is 5. The zero-order valence-electron chi connectivity index (χ0n) is 29.3. The van der Waals surface area contributed by atoms with E-state index in [0.717, 1.165) is 11.3 Å². The molecule has 2 amide bonds. The van der Waals surface area contributed by atoms with Crippen molar-refractivity contribution in [2.24, 2.45) is 40.4 Å². The molecule has 7 bridgehead atoms. The third-order valence-electron chi connectivity index (χ3n) is 14.5. The molecule has 8 rings (SSSR count). The number of likely N-dealkylation sites (tertiary alicyclic amines) is 1. The number of nitrogens with zero attached hydrogens (tertiary/aromatic N) is 2. The number of rotatable bonds is 9. The number of anilines is 1. The lowest BCUT2D eigenvalue weighted by Gasteiger charge is -2.70. The molecule has 14 atom stereocenters. The van der Waals surface area contributed by atoms with E-state index in [0.29, 0.717) is 25.9 Å². The molecule has 0 radical (unpaired) electrons. The number of imide groups is 1. The number of carbonyl (C=O) groups is 3. The fourth-order valence-corrected chi connectivity index (χ4v) is 13.2. The molecule has 12 nitrogen and oxygen atoms in total. The van der Waals surface area contributed by atoms with E-state index in [1.807, 2.05) is 0 Å². The summed E-state index contributed by atoms with van der Waals surface area (Å²) in [6, 6.07) is 6.12. The van der Waals surface area contributed by atoms with Crippen LogP contribution in [-0.2, 0) is 33.3 Å². The van der Waals surface area contributed by atoms with E-state index in [2.05, 4.69) is 11.8 Å². The summed E-state index contributed by atoms with van der Waals surface area (Å²) in [6.07, 6.45) is 0.813. The van der Waals surface area contributed by atoms with E-state index in [9.17, 15) is 24.6 Å². The first kappa shape index (κ1) is 33.7. The van der Waals surface area contributed by atoms with Gasteiger partial charge in [-0.25, -0.2) is 9.69 Å². The molecule has 2 aliphatic heterocycles. The topological polar surface area (TPSA) is 144 Å². The summed E-state index contributed by atoms with van der Waals surface area (Å²) < 4.78 is 31.4. The predicted octanol–water partition coefficient (Wildman–Crippen LogP) is 2.04. The average Bonchev–Trinajstić information content (AvgIpc) is 3.63. The second-order valence-electron chi connectivity index (χ2n) is 16.0. The van der Waals surface area contributed by atoms with Crippen LogP contribution in [0.4, 0.5) is 5.69 Å². The van der Waals surface area contributed by atoms with Gasteiger partial charge in [0, 0.05) is 82.3 Å². The van der Waals surface area contributed by atoms with Crippen LogP contribution in [0, 0.1) is 40.4 Å². The van der Waals surface area contributed by atoms with E-state index < -0.39 is 46.1 Å². The molecule has 268 valence electrons. The minimum Gasteiger partial charge on any atom is -0.461 e. The van der Waals surface area contributed by atoms with Crippen LogP contribution in [0.25, 0.3) is 0 Å². The Morgan fingerprint density at radius 2 is 1.80 bits per heavy atom. The van der Waals surface area contributed by atoms with Crippen molar-refractivity contribution < 1.29 is 48.3 Å². The van der Waals surface area contributed by atoms with Crippen molar-refractivity contribution in [1.29, 1.82) is 0 Å². The fourth-order valence-electron chi connectivity index (χ4n) is 13.2. The third kappa shape index (κ3) is 3.86. The Balaban J connectivity index is 1.23. The lowest BCUT2D eigenvalue weighted by molar-refractivity contribution is -0.320. The number of aliphatic hydroxyl groups is 2. The summed E-state index contributed by atoms with van der Waals surface area (Å²) in [5, 5.41) is 26.6. The highest BCUT2D eigenvalue weighted by Gasteiger charge is 2.91. The molecule has 2 N–H and O–H groups in total. The predicted molar refractivity (Wildman–Crippen MR) is 174 cm³/mol. The number of para-hydroxylation sites is 1. The summed E-state index contributed by atoms with van der Waals surface area (Å²) in [5.41, 5.74) is -4.17. The zero-order valence-corrected chi connectivity index (χ0v) is 29.3. The third-order valence-corrected chi connectivity index (χ3v) is 14.5. The van der Waals surface area contributed by atoms with Gasteiger partial charge in [0.05, 0.1) is 48.3 Å². The largest absolute Gasteiger partial charge is 0.461 e. The molecule has 1 aromatic rings. The van der Waals surface area contributed by atoms with Crippen LogP contribution in [-0.4, -0.2) is 123 Å². The molecule has 2 heterocycles. The molecule has 2 saturated heterocycles. The number of likely N-dealkylation sites (N-methyl/N-ethyl adjacent to an activating group) is 1. The Kier molecular flexibility index (Phi) is 7.75. The second-order valence-corrected chi connectivity index (χ2v) is 16.0. The molecule has 7 aliphatic rings. The van der Waals surface area contributed by atoms with Gasteiger partial charge in [0.15, 0.2) is 0 Å². The average molecular weight is 683 g/mol. The van der Waals surface area contributed by atoms with E-state index >= 15 is 0 Å². The molecular weight excluding hydrogens is 632 g/mol.